The molecule has 0 bridgehead atoms. The Kier molecular flexibility index (Phi) is 4.72. The number of amides is 1. The Balaban J connectivity index is 1.27. The van der Waals surface area contributed by atoms with Gasteiger partial charge in [-0.15, -0.1) is 0 Å². The van der Waals surface area contributed by atoms with E-state index < -0.39 is 0 Å². The fraction of sp³-hybridized carbons (Fsp3) is 0.500. The molecule has 0 saturated heterocycles. The van der Waals surface area contributed by atoms with Crippen LogP contribution in [0.1, 0.15) is 48.9 Å². The Labute approximate surface area is 148 Å². The van der Waals surface area contributed by atoms with E-state index in [0.717, 1.165) is 49.1 Å². The van der Waals surface area contributed by atoms with Crippen LogP contribution >= 0.6 is 0 Å². The van der Waals surface area contributed by atoms with Gasteiger partial charge in [-0.2, -0.15) is 5.10 Å². The first-order valence-corrected chi connectivity index (χ1v) is 9.32. The van der Waals surface area contributed by atoms with Crippen LogP contribution in [-0.4, -0.2) is 22.2 Å². The molecule has 1 atom stereocenters. The van der Waals surface area contributed by atoms with Crippen molar-refractivity contribution in [2.24, 2.45) is 5.92 Å². The molecule has 2 N–H and O–H groups in total. The Morgan fingerprint density at radius 1 is 1.20 bits per heavy atom. The van der Waals surface area contributed by atoms with Crippen LogP contribution in [0.15, 0.2) is 30.5 Å². The summed E-state index contributed by atoms with van der Waals surface area (Å²) >= 11 is 0. The first-order valence-electron chi connectivity index (χ1n) is 9.32. The summed E-state index contributed by atoms with van der Waals surface area (Å²) in [7, 11) is 0. The molecule has 25 heavy (non-hydrogen) atoms. The van der Waals surface area contributed by atoms with Crippen LogP contribution in [0.5, 0.6) is 5.75 Å². The summed E-state index contributed by atoms with van der Waals surface area (Å²) in [6.45, 7) is 0.564. The third-order valence-corrected chi connectivity index (χ3v) is 5.39. The molecule has 5 heteroatoms. The lowest BCUT2D eigenvalue weighted by atomic mass is 9.87. The van der Waals surface area contributed by atoms with Crippen LogP contribution in [0, 0.1) is 5.92 Å². The molecule has 2 aromatic rings. The number of fused-ring (bicyclic) bond motifs is 1. The molecule has 5 nitrogen and oxygen atoms in total. The highest BCUT2D eigenvalue weighted by atomic mass is 16.5. The monoisotopic (exact) mass is 339 g/mol. The highest BCUT2D eigenvalue weighted by Gasteiger charge is 2.25. The van der Waals surface area contributed by atoms with Gasteiger partial charge >= 0.3 is 0 Å². The molecule has 1 aromatic heterocycles. The van der Waals surface area contributed by atoms with Gasteiger partial charge in [0.2, 0.25) is 5.91 Å². The fourth-order valence-electron chi connectivity index (χ4n) is 3.85. The normalized spacial score (nSPS) is 20.2. The molecule has 0 spiro atoms. The van der Waals surface area contributed by atoms with Crippen LogP contribution in [0.2, 0.25) is 0 Å². The molecule has 0 aliphatic heterocycles. The molecule has 2 aliphatic rings. The molecule has 1 fully saturated rings. The predicted octanol–water partition coefficient (Wildman–Crippen LogP) is 3.15. The number of aryl methyl sites for hydroxylation is 1. The molecule has 1 aromatic carbocycles. The number of aromatic amines is 1. The van der Waals surface area contributed by atoms with Crippen molar-refractivity contribution in [3.63, 3.8) is 0 Å². The first kappa shape index (κ1) is 16.2. The number of ether oxygens (including phenoxy) is 1. The number of nitrogens with one attached hydrogen (secondary N) is 2. The number of H-pyrrole nitrogens is 1. The molecule has 4 rings (SSSR count). The average molecular weight is 339 g/mol. The van der Waals surface area contributed by atoms with Crippen molar-refractivity contribution in [3.05, 3.63) is 47.3 Å². The van der Waals surface area contributed by atoms with Gasteiger partial charge in [0.05, 0.1) is 12.3 Å². The van der Waals surface area contributed by atoms with E-state index in [1.165, 1.54) is 18.4 Å². The SMILES string of the molecule is O=C(NCc1ccc(OC2CCCC2)cc1)[C@@H]1CCc2cn[nH]c2C1. The molecule has 1 heterocycles. The second kappa shape index (κ2) is 7.30. The minimum absolute atomic E-state index is 0.0397. The van der Waals surface area contributed by atoms with Gasteiger partial charge in [-0.05, 0) is 61.8 Å². The topological polar surface area (TPSA) is 67.0 Å². The van der Waals surface area contributed by atoms with Crippen molar-refractivity contribution in [1.82, 2.24) is 15.5 Å². The largest absolute Gasteiger partial charge is 0.490 e. The fourth-order valence-corrected chi connectivity index (χ4v) is 3.85. The van der Waals surface area contributed by atoms with Crippen molar-refractivity contribution in [1.29, 1.82) is 0 Å². The molecule has 0 unspecified atom stereocenters. The number of rotatable bonds is 5. The predicted molar refractivity (Wildman–Crippen MR) is 95.3 cm³/mol. The first-order chi connectivity index (χ1) is 12.3. The van der Waals surface area contributed by atoms with Crippen molar-refractivity contribution >= 4 is 5.91 Å². The summed E-state index contributed by atoms with van der Waals surface area (Å²) in [4.78, 5) is 12.4. The summed E-state index contributed by atoms with van der Waals surface area (Å²) in [5, 5.41) is 10.1. The van der Waals surface area contributed by atoms with Crippen LogP contribution < -0.4 is 10.1 Å². The zero-order chi connectivity index (χ0) is 17.1. The molecule has 1 saturated carbocycles. The smallest absolute Gasteiger partial charge is 0.223 e. The highest BCUT2D eigenvalue weighted by Crippen LogP contribution is 2.25. The number of hydrogen-bond donors (Lipinski definition) is 2. The van der Waals surface area contributed by atoms with E-state index in [1.807, 2.05) is 30.5 Å². The maximum atomic E-state index is 12.4. The Morgan fingerprint density at radius 2 is 2.00 bits per heavy atom. The van der Waals surface area contributed by atoms with Gasteiger partial charge in [-0.3, -0.25) is 9.89 Å². The van der Waals surface area contributed by atoms with Gasteiger partial charge in [0, 0.05) is 24.6 Å². The molecule has 132 valence electrons. The number of aromatic nitrogens is 2. The quantitative estimate of drug-likeness (QED) is 0.879. The van der Waals surface area contributed by atoms with Gasteiger partial charge < -0.3 is 10.1 Å². The third-order valence-electron chi connectivity index (χ3n) is 5.39. The number of carbonyl (C=O) groups is 1. The van der Waals surface area contributed by atoms with Crippen molar-refractivity contribution < 1.29 is 9.53 Å². The van der Waals surface area contributed by atoms with Crippen LogP contribution in [0.4, 0.5) is 0 Å². The van der Waals surface area contributed by atoms with Gasteiger partial charge in [0.15, 0.2) is 0 Å². The van der Waals surface area contributed by atoms with E-state index in [0.29, 0.717) is 12.6 Å². The van der Waals surface area contributed by atoms with Crippen LogP contribution in [-0.2, 0) is 24.2 Å². The zero-order valence-electron chi connectivity index (χ0n) is 14.5. The van der Waals surface area contributed by atoms with Gasteiger partial charge in [-0.25, -0.2) is 0 Å². The summed E-state index contributed by atoms with van der Waals surface area (Å²) in [6, 6.07) is 8.10. The maximum Gasteiger partial charge on any atom is 0.223 e. The van der Waals surface area contributed by atoms with E-state index in [-0.39, 0.29) is 11.8 Å². The standard InChI is InChI=1S/C20H25N3O2/c24-20(15-7-8-16-13-22-23-19(16)11-15)21-12-14-5-9-18(10-6-14)25-17-3-1-2-4-17/h5-6,9-10,13,15,17H,1-4,7-8,11-12H2,(H,21,24)(H,22,23)/t15-/m1/s1. The summed E-state index contributed by atoms with van der Waals surface area (Å²) in [6.07, 6.45) is 9.71. The number of benzene rings is 1. The van der Waals surface area contributed by atoms with E-state index in [9.17, 15) is 4.79 Å². The Hall–Kier alpha value is -2.30. The molecule has 0 radical (unpaired) electrons. The Bertz CT molecular complexity index is 717. The van der Waals surface area contributed by atoms with Crippen molar-refractivity contribution in [2.75, 3.05) is 0 Å². The second-order valence-electron chi connectivity index (χ2n) is 7.20. The van der Waals surface area contributed by atoms with Crippen LogP contribution in [0.25, 0.3) is 0 Å². The molecular weight excluding hydrogens is 314 g/mol. The number of hydrogen-bond acceptors (Lipinski definition) is 3. The van der Waals surface area contributed by atoms with Gasteiger partial charge in [0.25, 0.3) is 0 Å². The lowest BCUT2D eigenvalue weighted by Gasteiger charge is -2.21. The Morgan fingerprint density at radius 3 is 2.80 bits per heavy atom. The van der Waals surface area contributed by atoms with Gasteiger partial charge in [-0.1, -0.05) is 12.1 Å². The summed E-state index contributed by atoms with van der Waals surface area (Å²) in [5.41, 5.74) is 3.46. The molecule has 2 aliphatic carbocycles. The lowest BCUT2D eigenvalue weighted by Crippen LogP contribution is -2.33. The molecular formula is C20H25N3O2. The lowest BCUT2D eigenvalue weighted by molar-refractivity contribution is -0.125. The van der Waals surface area contributed by atoms with Crippen molar-refractivity contribution in [3.8, 4) is 5.75 Å². The number of carbonyl (C=O) groups excluding carboxylic acids is 1. The summed E-state index contributed by atoms with van der Waals surface area (Å²) < 4.78 is 5.98. The highest BCUT2D eigenvalue weighted by molar-refractivity contribution is 5.79. The maximum absolute atomic E-state index is 12.4. The van der Waals surface area contributed by atoms with E-state index in [4.69, 9.17) is 4.74 Å². The zero-order valence-corrected chi connectivity index (χ0v) is 14.5. The average Bonchev–Trinajstić information content (AvgIpc) is 3.31. The van der Waals surface area contributed by atoms with Crippen LogP contribution in [0.3, 0.4) is 0 Å². The van der Waals surface area contributed by atoms with E-state index in [1.54, 1.807) is 0 Å². The molecule has 1 amide bonds. The minimum Gasteiger partial charge on any atom is -0.490 e. The van der Waals surface area contributed by atoms with Gasteiger partial charge in [0.1, 0.15) is 5.75 Å². The van der Waals surface area contributed by atoms with Crippen molar-refractivity contribution in [2.45, 2.75) is 57.6 Å². The minimum atomic E-state index is 0.0397. The van der Waals surface area contributed by atoms with E-state index >= 15 is 0 Å². The summed E-state index contributed by atoms with van der Waals surface area (Å²) in [5.74, 6) is 1.10. The van der Waals surface area contributed by atoms with E-state index in [2.05, 4.69) is 15.5 Å². The second-order valence-corrected chi connectivity index (χ2v) is 7.20. The number of nitrogens with zero attached hydrogens (tertiary/aromatic N) is 1. The third kappa shape index (κ3) is 3.86.